The van der Waals surface area contributed by atoms with E-state index in [4.69, 9.17) is 0 Å². The second kappa shape index (κ2) is 3.71. The van der Waals surface area contributed by atoms with Crippen LogP contribution in [0, 0.1) is 12.7 Å². The molecule has 0 unspecified atom stereocenters. The zero-order chi connectivity index (χ0) is 11.8. The van der Waals surface area contributed by atoms with Gasteiger partial charge in [-0.2, -0.15) is 13.2 Å². The predicted molar refractivity (Wildman–Crippen MR) is 38.9 cm³/mol. The van der Waals surface area contributed by atoms with Crippen LogP contribution in [-0.4, -0.2) is 4.98 Å². The van der Waals surface area contributed by atoms with Gasteiger partial charge in [0.25, 0.3) is 6.43 Å². The van der Waals surface area contributed by atoms with Crippen molar-refractivity contribution < 1.29 is 26.3 Å². The van der Waals surface area contributed by atoms with Gasteiger partial charge in [-0.1, -0.05) is 0 Å². The Labute approximate surface area is 80.7 Å². The lowest BCUT2D eigenvalue weighted by Gasteiger charge is -2.12. The second-order valence-electron chi connectivity index (χ2n) is 2.79. The van der Waals surface area contributed by atoms with Crippen molar-refractivity contribution in [1.82, 2.24) is 4.98 Å². The van der Waals surface area contributed by atoms with Gasteiger partial charge in [-0.05, 0) is 12.5 Å². The third-order valence-electron chi connectivity index (χ3n) is 1.81. The highest BCUT2D eigenvalue weighted by Crippen LogP contribution is 2.35. The fourth-order valence-electron chi connectivity index (χ4n) is 1.15. The van der Waals surface area contributed by atoms with E-state index in [1.165, 1.54) is 0 Å². The summed E-state index contributed by atoms with van der Waals surface area (Å²) in [5.41, 5.74) is -3.62. The van der Waals surface area contributed by atoms with Gasteiger partial charge in [0.15, 0.2) is 5.82 Å². The Bertz CT molecular complexity index is 370. The number of nitrogens with zero attached hydrogens (tertiary/aromatic N) is 1. The van der Waals surface area contributed by atoms with Crippen molar-refractivity contribution >= 4 is 0 Å². The van der Waals surface area contributed by atoms with Crippen LogP contribution in [0.3, 0.4) is 0 Å². The molecule has 0 amide bonds. The molecule has 7 heteroatoms. The van der Waals surface area contributed by atoms with Crippen LogP contribution in [0.4, 0.5) is 26.3 Å². The molecular weight excluding hydrogens is 224 g/mol. The van der Waals surface area contributed by atoms with Gasteiger partial charge < -0.3 is 0 Å². The van der Waals surface area contributed by atoms with E-state index in [9.17, 15) is 26.3 Å². The van der Waals surface area contributed by atoms with Crippen LogP contribution >= 0.6 is 0 Å². The molecule has 0 aliphatic heterocycles. The number of hydrogen-bond acceptors (Lipinski definition) is 1. The molecule has 0 atom stereocenters. The predicted octanol–water partition coefficient (Wildman–Crippen LogP) is 3.49. The molecule has 0 saturated carbocycles. The van der Waals surface area contributed by atoms with Crippen molar-refractivity contribution in [3.63, 3.8) is 0 Å². The zero-order valence-corrected chi connectivity index (χ0v) is 7.37. The van der Waals surface area contributed by atoms with Gasteiger partial charge in [0.2, 0.25) is 0 Å². The highest BCUT2D eigenvalue weighted by Gasteiger charge is 2.36. The molecule has 1 aromatic heterocycles. The van der Waals surface area contributed by atoms with Crippen LogP contribution < -0.4 is 0 Å². The van der Waals surface area contributed by atoms with E-state index < -0.39 is 35.2 Å². The fourth-order valence-corrected chi connectivity index (χ4v) is 1.15. The first-order valence-corrected chi connectivity index (χ1v) is 3.75. The first kappa shape index (κ1) is 11.8. The third kappa shape index (κ3) is 2.21. The average molecular weight is 229 g/mol. The molecule has 0 aliphatic rings. The summed E-state index contributed by atoms with van der Waals surface area (Å²) in [6, 6.07) is 0. The minimum atomic E-state index is -4.86. The molecule has 0 aromatic carbocycles. The van der Waals surface area contributed by atoms with Crippen LogP contribution in [0.5, 0.6) is 0 Å². The molecule has 84 valence electrons. The SMILES string of the molecule is Cc1c(C(F)(F)F)ncc(F)c1C(F)F. The highest BCUT2D eigenvalue weighted by atomic mass is 19.4. The lowest BCUT2D eigenvalue weighted by atomic mass is 10.1. The van der Waals surface area contributed by atoms with Gasteiger partial charge in [0.1, 0.15) is 5.69 Å². The molecule has 0 spiro atoms. The molecule has 0 fully saturated rings. The molecule has 0 aliphatic carbocycles. The van der Waals surface area contributed by atoms with Gasteiger partial charge in [-0.25, -0.2) is 18.2 Å². The smallest absolute Gasteiger partial charge is 0.248 e. The Morgan fingerprint density at radius 1 is 1.27 bits per heavy atom. The van der Waals surface area contributed by atoms with E-state index in [2.05, 4.69) is 4.98 Å². The van der Waals surface area contributed by atoms with Crippen molar-refractivity contribution in [2.45, 2.75) is 19.5 Å². The maximum Gasteiger partial charge on any atom is 0.433 e. The third-order valence-corrected chi connectivity index (χ3v) is 1.81. The maximum absolute atomic E-state index is 12.8. The van der Waals surface area contributed by atoms with Crippen LogP contribution in [0.1, 0.15) is 23.2 Å². The van der Waals surface area contributed by atoms with Crippen LogP contribution in [0.2, 0.25) is 0 Å². The minimum Gasteiger partial charge on any atom is -0.248 e. The summed E-state index contributed by atoms with van der Waals surface area (Å²) in [4.78, 5) is 2.76. The van der Waals surface area contributed by atoms with E-state index in [0.717, 1.165) is 6.92 Å². The molecule has 0 saturated heterocycles. The van der Waals surface area contributed by atoms with Gasteiger partial charge in [-0.15, -0.1) is 0 Å². The summed E-state index contributed by atoms with van der Waals surface area (Å²) in [6.07, 6.45) is -8.01. The number of alkyl halides is 5. The van der Waals surface area contributed by atoms with Crippen LogP contribution in [0.15, 0.2) is 6.20 Å². The lowest BCUT2D eigenvalue weighted by Crippen LogP contribution is -2.13. The summed E-state index contributed by atoms with van der Waals surface area (Å²) in [7, 11) is 0. The van der Waals surface area contributed by atoms with Crippen molar-refractivity contribution in [3.05, 3.63) is 28.8 Å². The van der Waals surface area contributed by atoms with Crippen molar-refractivity contribution in [3.8, 4) is 0 Å². The molecule has 1 aromatic rings. The topological polar surface area (TPSA) is 12.9 Å². The zero-order valence-electron chi connectivity index (χ0n) is 7.37. The lowest BCUT2D eigenvalue weighted by molar-refractivity contribution is -0.141. The number of rotatable bonds is 1. The molecule has 0 N–H and O–H groups in total. The Balaban J connectivity index is 3.42. The minimum absolute atomic E-state index is 0.150. The fraction of sp³-hybridized carbons (Fsp3) is 0.375. The summed E-state index contributed by atoms with van der Waals surface area (Å²) < 4.78 is 73.8. The monoisotopic (exact) mass is 229 g/mol. The molecule has 0 radical (unpaired) electrons. The van der Waals surface area contributed by atoms with E-state index >= 15 is 0 Å². The summed E-state index contributed by atoms with van der Waals surface area (Å²) in [5.74, 6) is -1.43. The molecule has 0 bridgehead atoms. The Morgan fingerprint density at radius 3 is 2.20 bits per heavy atom. The van der Waals surface area contributed by atoms with E-state index in [0.29, 0.717) is 0 Å². The normalized spacial score (nSPS) is 12.3. The Morgan fingerprint density at radius 2 is 1.80 bits per heavy atom. The van der Waals surface area contributed by atoms with Crippen LogP contribution in [-0.2, 0) is 6.18 Å². The largest absolute Gasteiger partial charge is 0.433 e. The first-order valence-electron chi connectivity index (χ1n) is 3.75. The van der Waals surface area contributed by atoms with Gasteiger partial charge in [-0.3, -0.25) is 0 Å². The number of aromatic nitrogens is 1. The van der Waals surface area contributed by atoms with E-state index in [1.54, 1.807) is 0 Å². The number of halogens is 6. The van der Waals surface area contributed by atoms with Crippen molar-refractivity contribution in [2.75, 3.05) is 0 Å². The number of pyridine rings is 1. The standard InChI is InChI=1S/C8H5F6N/c1-3-5(7(10)11)4(9)2-15-6(3)8(12,13)14/h2,7H,1H3. The summed E-state index contributed by atoms with van der Waals surface area (Å²) in [5, 5.41) is 0. The Hall–Kier alpha value is -1.27. The van der Waals surface area contributed by atoms with Gasteiger partial charge in [0, 0.05) is 0 Å². The molecular formula is C8H5F6N. The highest BCUT2D eigenvalue weighted by molar-refractivity contribution is 5.32. The maximum atomic E-state index is 12.8. The number of hydrogen-bond donors (Lipinski definition) is 0. The molecule has 1 rings (SSSR count). The molecule has 15 heavy (non-hydrogen) atoms. The van der Waals surface area contributed by atoms with E-state index in [-0.39, 0.29) is 6.20 Å². The van der Waals surface area contributed by atoms with Crippen molar-refractivity contribution in [2.24, 2.45) is 0 Å². The molecule has 1 heterocycles. The van der Waals surface area contributed by atoms with Crippen LogP contribution in [0.25, 0.3) is 0 Å². The first-order chi connectivity index (χ1) is 6.75. The summed E-state index contributed by atoms with van der Waals surface area (Å²) >= 11 is 0. The van der Waals surface area contributed by atoms with E-state index in [1.807, 2.05) is 0 Å². The second-order valence-corrected chi connectivity index (χ2v) is 2.79. The quantitative estimate of drug-likeness (QED) is 0.671. The van der Waals surface area contributed by atoms with Crippen molar-refractivity contribution in [1.29, 1.82) is 0 Å². The molecule has 1 nitrogen and oxygen atoms in total. The average Bonchev–Trinajstić information content (AvgIpc) is 2.00. The summed E-state index contributed by atoms with van der Waals surface area (Å²) in [6.45, 7) is 0.764. The van der Waals surface area contributed by atoms with Gasteiger partial charge in [0.05, 0.1) is 11.8 Å². The van der Waals surface area contributed by atoms with Gasteiger partial charge >= 0.3 is 6.18 Å². The Kier molecular flexibility index (Phi) is 2.92.